The summed E-state index contributed by atoms with van der Waals surface area (Å²) < 4.78 is 1.79. The van der Waals surface area contributed by atoms with Gasteiger partial charge in [0.2, 0.25) is 0 Å². The van der Waals surface area contributed by atoms with Crippen molar-refractivity contribution in [2.75, 3.05) is 0 Å². The Kier molecular flexibility index (Phi) is 2.67. The number of aromatic nitrogens is 2. The molecule has 0 amide bonds. The molecule has 0 spiro atoms. The molecule has 0 bridgehead atoms. The minimum Gasteiger partial charge on any atom is -0.360 e. The molecule has 0 saturated heterocycles. The molecule has 0 unspecified atom stereocenters. The van der Waals surface area contributed by atoms with Crippen LogP contribution in [0.15, 0.2) is 12.3 Å². The van der Waals surface area contributed by atoms with Crippen LogP contribution in [0.3, 0.4) is 0 Å². The van der Waals surface area contributed by atoms with Gasteiger partial charge in [-0.2, -0.15) is 5.10 Å². The van der Waals surface area contributed by atoms with Crippen molar-refractivity contribution in [1.29, 1.82) is 0 Å². The maximum absolute atomic E-state index is 5.12. The summed E-state index contributed by atoms with van der Waals surface area (Å²) in [6.45, 7) is 0.694. The topological polar surface area (TPSA) is 41.9 Å². The van der Waals surface area contributed by atoms with Gasteiger partial charge in [-0.1, -0.05) is 0 Å². The lowest BCUT2D eigenvalue weighted by Gasteiger charge is -2.07. The third-order valence-corrected chi connectivity index (χ3v) is 2.37. The van der Waals surface area contributed by atoms with E-state index in [9.17, 15) is 0 Å². The first kappa shape index (κ1) is 9.45. The van der Waals surface area contributed by atoms with E-state index in [2.05, 4.69) is 15.7 Å². The lowest BCUT2D eigenvalue weighted by atomic mass is 10.4. The fourth-order valence-electron chi connectivity index (χ4n) is 1.19. The van der Waals surface area contributed by atoms with E-state index >= 15 is 0 Å². The number of hydrogen-bond acceptors (Lipinski definition) is 2. The number of nitrogens with zero attached hydrogens (tertiary/aromatic N) is 2. The molecule has 0 radical (unpaired) electrons. The molecule has 1 fully saturated rings. The van der Waals surface area contributed by atoms with Crippen LogP contribution >= 0.6 is 12.2 Å². The van der Waals surface area contributed by atoms with Gasteiger partial charge in [-0.05, 0) is 31.1 Å². The van der Waals surface area contributed by atoms with E-state index < -0.39 is 0 Å². The summed E-state index contributed by atoms with van der Waals surface area (Å²) in [5, 5.41) is 11.3. The zero-order valence-electron chi connectivity index (χ0n) is 8.16. The van der Waals surface area contributed by atoms with Gasteiger partial charge < -0.3 is 10.6 Å². The number of hydrogen-bond donors (Lipinski definition) is 2. The number of thiocarbonyl (C=S) groups is 1. The average Bonchev–Trinajstić information content (AvgIpc) is 2.85. The molecule has 4 nitrogen and oxygen atoms in total. The molecule has 1 saturated carbocycles. The van der Waals surface area contributed by atoms with Crippen LogP contribution in [0, 0.1) is 0 Å². The van der Waals surface area contributed by atoms with Gasteiger partial charge in [0.1, 0.15) is 0 Å². The van der Waals surface area contributed by atoms with Crippen molar-refractivity contribution < 1.29 is 0 Å². The summed E-state index contributed by atoms with van der Waals surface area (Å²) in [4.78, 5) is 0. The van der Waals surface area contributed by atoms with Crippen LogP contribution in [-0.2, 0) is 13.6 Å². The smallest absolute Gasteiger partial charge is 0.166 e. The number of rotatable bonds is 3. The lowest BCUT2D eigenvalue weighted by Crippen LogP contribution is -2.36. The fourth-order valence-corrected chi connectivity index (χ4v) is 1.43. The molecule has 1 aromatic rings. The monoisotopic (exact) mass is 210 g/mol. The highest BCUT2D eigenvalue weighted by Gasteiger charge is 2.21. The Labute approximate surface area is 88.7 Å². The van der Waals surface area contributed by atoms with Crippen LogP contribution in [0.4, 0.5) is 0 Å². The molecule has 2 rings (SSSR count). The summed E-state index contributed by atoms with van der Waals surface area (Å²) in [6, 6.07) is 2.59. The van der Waals surface area contributed by atoms with Crippen molar-refractivity contribution in [2.45, 2.75) is 25.4 Å². The first-order valence-electron chi connectivity index (χ1n) is 4.77. The Morgan fingerprint density at radius 2 is 2.50 bits per heavy atom. The van der Waals surface area contributed by atoms with Gasteiger partial charge >= 0.3 is 0 Å². The first-order chi connectivity index (χ1) is 6.74. The van der Waals surface area contributed by atoms with E-state index in [4.69, 9.17) is 12.2 Å². The van der Waals surface area contributed by atoms with E-state index in [-0.39, 0.29) is 0 Å². The fraction of sp³-hybridized carbons (Fsp3) is 0.556. The Morgan fingerprint density at radius 3 is 3.07 bits per heavy atom. The van der Waals surface area contributed by atoms with Gasteiger partial charge in [0.15, 0.2) is 5.11 Å². The summed E-state index contributed by atoms with van der Waals surface area (Å²) in [7, 11) is 1.91. The third-order valence-electron chi connectivity index (χ3n) is 2.11. The Bertz CT molecular complexity index is 329. The summed E-state index contributed by atoms with van der Waals surface area (Å²) >= 11 is 5.12. The molecule has 1 aromatic heterocycles. The van der Waals surface area contributed by atoms with E-state index in [0.29, 0.717) is 12.6 Å². The second-order valence-electron chi connectivity index (χ2n) is 3.58. The second-order valence-corrected chi connectivity index (χ2v) is 3.99. The molecule has 2 N–H and O–H groups in total. The highest BCUT2D eigenvalue weighted by atomic mass is 32.1. The molecule has 0 aromatic carbocycles. The van der Waals surface area contributed by atoms with Crippen LogP contribution in [0.2, 0.25) is 0 Å². The Hall–Kier alpha value is -1.10. The van der Waals surface area contributed by atoms with E-state index in [1.807, 2.05) is 19.3 Å². The van der Waals surface area contributed by atoms with Gasteiger partial charge in [0.05, 0.1) is 12.2 Å². The van der Waals surface area contributed by atoms with E-state index in [1.54, 1.807) is 4.68 Å². The lowest BCUT2D eigenvalue weighted by molar-refractivity contribution is 0.725. The van der Waals surface area contributed by atoms with Crippen molar-refractivity contribution in [2.24, 2.45) is 7.05 Å². The Balaban J connectivity index is 1.73. The van der Waals surface area contributed by atoms with Crippen LogP contribution in [0.1, 0.15) is 18.5 Å². The molecule has 1 heterocycles. The quantitative estimate of drug-likeness (QED) is 0.715. The molecule has 0 atom stereocenters. The summed E-state index contributed by atoms with van der Waals surface area (Å²) in [6.07, 6.45) is 4.41. The highest BCUT2D eigenvalue weighted by Crippen LogP contribution is 2.18. The van der Waals surface area contributed by atoms with Crippen molar-refractivity contribution in [3.05, 3.63) is 18.0 Å². The molecule has 5 heteroatoms. The van der Waals surface area contributed by atoms with Gasteiger partial charge in [0, 0.05) is 19.3 Å². The van der Waals surface area contributed by atoms with Crippen LogP contribution in [-0.4, -0.2) is 20.9 Å². The molecule has 1 aliphatic rings. The second kappa shape index (κ2) is 3.96. The predicted octanol–water partition coefficient (Wildman–Crippen LogP) is 0.547. The minimum absolute atomic E-state index is 0.610. The molecule has 76 valence electrons. The molecular weight excluding hydrogens is 196 g/mol. The summed E-state index contributed by atoms with van der Waals surface area (Å²) in [5.41, 5.74) is 1.01. The normalized spacial score (nSPS) is 15.2. The molecule has 0 aliphatic heterocycles. The number of nitrogens with one attached hydrogen (secondary N) is 2. The van der Waals surface area contributed by atoms with Crippen molar-refractivity contribution in [1.82, 2.24) is 20.4 Å². The average molecular weight is 210 g/mol. The van der Waals surface area contributed by atoms with Crippen LogP contribution in [0.25, 0.3) is 0 Å². The zero-order valence-corrected chi connectivity index (χ0v) is 8.97. The van der Waals surface area contributed by atoms with E-state index in [0.717, 1.165) is 10.8 Å². The van der Waals surface area contributed by atoms with Crippen molar-refractivity contribution >= 4 is 17.3 Å². The first-order valence-corrected chi connectivity index (χ1v) is 5.18. The van der Waals surface area contributed by atoms with Gasteiger partial charge in [0.25, 0.3) is 0 Å². The van der Waals surface area contributed by atoms with Gasteiger partial charge in [-0.3, -0.25) is 4.68 Å². The van der Waals surface area contributed by atoms with Crippen LogP contribution < -0.4 is 10.6 Å². The molecule has 14 heavy (non-hydrogen) atoms. The number of aryl methyl sites for hydroxylation is 1. The maximum Gasteiger partial charge on any atom is 0.166 e. The largest absolute Gasteiger partial charge is 0.360 e. The zero-order chi connectivity index (χ0) is 9.97. The van der Waals surface area contributed by atoms with Gasteiger partial charge in [-0.25, -0.2) is 0 Å². The van der Waals surface area contributed by atoms with Gasteiger partial charge in [-0.15, -0.1) is 0 Å². The van der Waals surface area contributed by atoms with Crippen LogP contribution in [0.5, 0.6) is 0 Å². The van der Waals surface area contributed by atoms with E-state index in [1.165, 1.54) is 12.8 Å². The standard InChI is InChI=1S/C9H14N4S/c1-13-5-4-8(12-13)6-10-9(14)11-7-2-3-7/h4-5,7H,2-3,6H2,1H3,(H2,10,11,14). The maximum atomic E-state index is 5.12. The predicted molar refractivity (Wildman–Crippen MR) is 58.8 cm³/mol. The Morgan fingerprint density at radius 1 is 1.71 bits per heavy atom. The third kappa shape index (κ3) is 2.70. The van der Waals surface area contributed by atoms with Crippen molar-refractivity contribution in [3.8, 4) is 0 Å². The molecular formula is C9H14N4S. The minimum atomic E-state index is 0.610. The molecule has 1 aliphatic carbocycles. The van der Waals surface area contributed by atoms with Crippen molar-refractivity contribution in [3.63, 3.8) is 0 Å². The summed E-state index contributed by atoms with van der Waals surface area (Å²) in [5.74, 6) is 0. The SMILES string of the molecule is Cn1ccc(CNC(=S)NC2CC2)n1. The highest BCUT2D eigenvalue weighted by molar-refractivity contribution is 7.80.